The monoisotopic (exact) mass is 269 g/mol. The third kappa shape index (κ3) is 2.46. The lowest BCUT2D eigenvalue weighted by Gasteiger charge is -2.29. The van der Waals surface area contributed by atoms with Crippen LogP contribution in [0.1, 0.15) is 13.3 Å². The Hall–Kier alpha value is -1.60. The van der Waals surface area contributed by atoms with E-state index >= 15 is 0 Å². The van der Waals surface area contributed by atoms with Crippen molar-refractivity contribution >= 4 is 27.5 Å². The Bertz CT molecular complexity index is 556. The second-order valence-electron chi connectivity index (χ2n) is 3.97. The second-order valence-corrected chi connectivity index (χ2v) is 5.65. The van der Waals surface area contributed by atoms with E-state index in [1.54, 1.807) is 24.3 Å². The highest BCUT2D eigenvalue weighted by Gasteiger charge is 2.30. The number of benzene rings is 1. The zero-order valence-electron chi connectivity index (χ0n) is 10.0. The number of nitrogens with zero attached hydrogens (tertiary/aromatic N) is 1. The van der Waals surface area contributed by atoms with Gasteiger partial charge in [-0.15, -0.1) is 0 Å². The minimum Gasteiger partial charge on any atom is -0.323 e. The van der Waals surface area contributed by atoms with Gasteiger partial charge in [-0.25, -0.2) is 4.31 Å². The highest BCUT2D eigenvalue weighted by Crippen LogP contribution is 2.30. The summed E-state index contributed by atoms with van der Waals surface area (Å²) in [5.74, 6) is -0.337. The van der Waals surface area contributed by atoms with Crippen LogP contribution in [0.3, 0.4) is 0 Å². The molecule has 0 bridgehead atoms. The van der Waals surface area contributed by atoms with Crippen molar-refractivity contribution in [2.24, 2.45) is 0 Å². The van der Waals surface area contributed by atoms with Gasteiger partial charge in [0.25, 0.3) is 0 Å². The first-order valence-corrected chi connectivity index (χ1v) is 7.15. The molecule has 0 radical (unpaired) electrons. The average molecular weight is 269 g/mol. The van der Waals surface area contributed by atoms with Crippen LogP contribution in [0.25, 0.3) is 0 Å². The van der Waals surface area contributed by atoms with E-state index in [0.29, 0.717) is 24.3 Å². The summed E-state index contributed by atoms with van der Waals surface area (Å²) in [6, 6.07) is 6.82. The average Bonchev–Trinajstić information content (AvgIpc) is 2.35. The van der Waals surface area contributed by atoms with Crippen molar-refractivity contribution in [3.8, 4) is 0 Å². The number of carbonyl (C=O) groups is 1. The zero-order chi connectivity index (χ0) is 13.2. The molecule has 1 aliphatic rings. The molecule has 1 aromatic rings. The van der Waals surface area contributed by atoms with Crippen molar-refractivity contribution in [3.63, 3.8) is 0 Å². The van der Waals surface area contributed by atoms with Crippen molar-refractivity contribution in [1.29, 1.82) is 0 Å². The van der Waals surface area contributed by atoms with Gasteiger partial charge in [-0.2, -0.15) is 13.1 Å². The molecule has 0 saturated heterocycles. The SMILES string of the molecule is CCCNS(=O)(=O)N1CC(=O)Nc2ccccc21. The standard InChI is InChI=1S/C11H15N3O3S/c1-2-7-12-18(16,17)14-8-11(15)13-9-5-3-4-6-10(9)14/h3-6,12H,2,7-8H2,1H3,(H,13,15). The van der Waals surface area contributed by atoms with Crippen LogP contribution in [-0.4, -0.2) is 27.4 Å². The first kappa shape index (κ1) is 12.8. The molecule has 1 aromatic carbocycles. The van der Waals surface area contributed by atoms with Gasteiger partial charge in [0.15, 0.2) is 0 Å². The molecule has 0 unspecified atom stereocenters. The van der Waals surface area contributed by atoms with Crippen LogP contribution in [-0.2, 0) is 15.0 Å². The summed E-state index contributed by atoms with van der Waals surface area (Å²) < 4.78 is 27.7. The molecule has 2 N–H and O–H groups in total. The van der Waals surface area contributed by atoms with Gasteiger partial charge in [-0.05, 0) is 18.6 Å². The Morgan fingerprint density at radius 1 is 1.39 bits per heavy atom. The maximum absolute atomic E-state index is 12.1. The Morgan fingerprint density at radius 2 is 2.11 bits per heavy atom. The molecule has 0 aliphatic carbocycles. The molecule has 6 nitrogen and oxygen atoms in total. The van der Waals surface area contributed by atoms with Gasteiger partial charge in [0, 0.05) is 6.54 Å². The van der Waals surface area contributed by atoms with Gasteiger partial charge < -0.3 is 5.32 Å². The van der Waals surface area contributed by atoms with Gasteiger partial charge in [0.2, 0.25) is 5.91 Å². The summed E-state index contributed by atoms with van der Waals surface area (Å²) in [5.41, 5.74) is 0.997. The Balaban J connectivity index is 2.37. The largest absolute Gasteiger partial charge is 0.323 e. The predicted octanol–water partition coefficient (Wildman–Crippen LogP) is 0.690. The number of amides is 1. The van der Waals surface area contributed by atoms with Gasteiger partial charge in [-0.1, -0.05) is 19.1 Å². The number of nitrogens with one attached hydrogen (secondary N) is 2. The number of rotatable bonds is 4. The number of carbonyl (C=O) groups excluding carboxylic acids is 1. The summed E-state index contributed by atoms with van der Waals surface area (Å²) in [4.78, 5) is 11.5. The van der Waals surface area contributed by atoms with E-state index in [1.165, 1.54) is 0 Å². The molecule has 1 heterocycles. The summed E-state index contributed by atoms with van der Waals surface area (Å²) in [5, 5.41) is 2.65. The Morgan fingerprint density at radius 3 is 2.83 bits per heavy atom. The fourth-order valence-electron chi connectivity index (χ4n) is 1.73. The van der Waals surface area contributed by atoms with Crippen LogP contribution in [0.4, 0.5) is 11.4 Å². The van der Waals surface area contributed by atoms with Crippen molar-refractivity contribution < 1.29 is 13.2 Å². The Labute approximate surface area is 106 Å². The molecule has 7 heteroatoms. The van der Waals surface area contributed by atoms with E-state index in [0.717, 1.165) is 4.31 Å². The van der Waals surface area contributed by atoms with Crippen LogP contribution in [0, 0.1) is 0 Å². The maximum Gasteiger partial charge on any atom is 0.302 e. The molecule has 0 saturated carbocycles. The maximum atomic E-state index is 12.1. The molecule has 18 heavy (non-hydrogen) atoms. The first-order valence-electron chi connectivity index (χ1n) is 5.71. The number of hydrogen-bond acceptors (Lipinski definition) is 3. The number of fused-ring (bicyclic) bond motifs is 1. The van der Waals surface area contributed by atoms with Crippen molar-refractivity contribution in [2.45, 2.75) is 13.3 Å². The minimum atomic E-state index is -3.67. The third-order valence-electron chi connectivity index (χ3n) is 2.56. The predicted molar refractivity (Wildman–Crippen MR) is 69.6 cm³/mol. The molecule has 98 valence electrons. The molecule has 1 aliphatic heterocycles. The van der Waals surface area contributed by atoms with Crippen LogP contribution in [0.2, 0.25) is 0 Å². The molecule has 0 atom stereocenters. The number of hydrogen-bond donors (Lipinski definition) is 2. The van der Waals surface area contributed by atoms with Crippen molar-refractivity contribution in [1.82, 2.24) is 4.72 Å². The highest BCUT2D eigenvalue weighted by atomic mass is 32.2. The lowest BCUT2D eigenvalue weighted by Crippen LogP contribution is -2.47. The normalized spacial score (nSPS) is 15.2. The van der Waals surface area contributed by atoms with Crippen LogP contribution in [0.15, 0.2) is 24.3 Å². The lowest BCUT2D eigenvalue weighted by atomic mass is 10.2. The van der Waals surface area contributed by atoms with Gasteiger partial charge in [-0.3, -0.25) is 4.79 Å². The van der Waals surface area contributed by atoms with Gasteiger partial charge in [0.1, 0.15) is 6.54 Å². The van der Waals surface area contributed by atoms with Crippen molar-refractivity contribution in [2.75, 3.05) is 22.7 Å². The van der Waals surface area contributed by atoms with E-state index in [-0.39, 0.29) is 12.5 Å². The van der Waals surface area contributed by atoms with E-state index < -0.39 is 10.2 Å². The molecule has 0 fully saturated rings. The first-order chi connectivity index (χ1) is 8.54. The quantitative estimate of drug-likeness (QED) is 0.844. The lowest BCUT2D eigenvalue weighted by molar-refractivity contribution is -0.115. The molecule has 2 rings (SSSR count). The molecular formula is C11H15N3O3S. The van der Waals surface area contributed by atoms with E-state index in [2.05, 4.69) is 10.0 Å². The summed E-state index contributed by atoms with van der Waals surface area (Å²) in [6.45, 7) is 2.03. The highest BCUT2D eigenvalue weighted by molar-refractivity contribution is 7.91. The third-order valence-corrected chi connectivity index (χ3v) is 4.03. The Kier molecular flexibility index (Phi) is 3.53. The molecule has 0 aromatic heterocycles. The van der Waals surface area contributed by atoms with Crippen molar-refractivity contribution in [3.05, 3.63) is 24.3 Å². The molecule has 0 spiro atoms. The van der Waals surface area contributed by atoms with Crippen LogP contribution in [0.5, 0.6) is 0 Å². The molecule has 1 amide bonds. The van der Waals surface area contributed by atoms with Crippen LogP contribution >= 0.6 is 0 Å². The fourth-order valence-corrected chi connectivity index (χ4v) is 3.05. The number of para-hydroxylation sites is 2. The zero-order valence-corrected chi connectivity index (χ0v) is 10.8. The van der Waals surface area contributed by atoms with E-state index in [1.807, 2.05) is 6.92 Å². The second kappa shape index (κ2) is 4.95. The minimum absolute atomic E-state index is 0.198. The van der Waals surface area contributed by atoms with E-state index in [9.17, 15) is 13.2 Å². The van der Waals surface area contributed by atoms with E-state index in [4.69, 9.17) is 0 Å². The smallest absolute Gasteiger partial charge is 0.302 e. The van der Waals surface area contributed by atoms with Crippen LogP contribution < -0.4 is 14.3 Å². The topological polar surface area (TPSA) is 78.5 Å². The number of anilines is 2. The van der Waals surface area contributed by atoms with Gasteiger partial charge in [0.05, 0.1) is 11.4 Å². The molecular weight excluding hydrogens is 254 g/mol. The summed E-state index contributed by atoms with van der Waals surface area (Å²) in [6.07, 6.45) is 0.695. The summed E-state index contributed by atoms with van der Waals surface area (Å²) >= 11 is 0. The van der Waals surface area contributed by atoms with Gasteiger partial charge >= 0.3 is 10.2 Å². The fraction of sp³-hybridized carbons (Fsp3) is 0.364. The summed E-state index contributed by atoms with van der Waals surface area (Å²) in [7, 11) is -3.67.